The summed E-state index contributed by atoms with van der Waals surface area (Å²) in [4.78, 5) is 10.6. The fourth-order valence-electron chi connectivity index (χ4n) is 1.27. The summed E-state index contributed by atoms with van der Waals surface area (Å²) in [6.07, 6.45) is 2.21. The molecule has 0 saturated carbocycles. The maximum Gasteiger partial charge on any atom is 0.312 e. The molecule has 0 aliphatic carbocycles. The molecule has 0 rings (SSSR count). The van der Waals surface area contributed by atoms with Gasteiger partial charge in [-0.25, -0.2) is 4.79 Å². The monoisotopic (exact) mass is 172 g/mol. The fourth-order valence-corrected chi connectivity index (χ4v) is 1.27. The molecule has 0 bridgehead atoms. The summed E-state index contributed by atoms with van der Waals surface area (Å²) in [6.45, 7) is 8.40. The van der Waals surface area contributed by atoms with Gasteiger partial charge in [-0.2, -0.15) is 0 Å². The molecule has 3 heteroatoms. The summed E-state index contributed by atoms with van der Waals surface area (Å²) in [5.74, 6) is 0. The maximum atomic E-state index is 10.6. The number of nitrogens with two attached hydrogens (primary N) is 1. The lowest BCUT2D eigenvalue weighted by Crippen LogP contribution is -2.45. The fraction of sp³-hybridized carbons (Fsp3) is 0.889. The van der Waals surface area contributed by atoms with Crippen molar-refractivity contribution in [3.05, 3.63) is 0 Å². The lowest BCUT2D eigenvalue weighted by atomic mass is 9.81. The van der Waals surface area contributed by atoms with Crippen LogP contribution in [0.3, 0.4) is 0 Å². The number of carbonyl (C=O) groups is 1. The largest absolute Gasteiger partial charge is 0.352 e. The minimum atomic E-state index is -0.438. The number of hydrogen-bond donors (Lipinski definition) is 2. The van der Waals surface area contributed by atoms with Crippen molar-refractivity contribution in [1.82, 2.24) is 5.32 Å². The third kappa shape index (κ3) is 3.60. The van der Waals surface area contributed by atoms with Gasteiger partial charge in [0, 0.05) is 6.04 Å². The first-order chi connectivity index (χ1) is 5.40. The minimum absolute atomic E-state index is 0.129. The van der Waals surface area contributed by atoms with Gasteiger partial charge >= 0.3 is 6.03 Å². The number of nitrogens with one attached hydrogen (secondary N) is 1. The highest BCUT2D eigenvalue weighted by atomic mass is 16.2. The number of primary amides is 1. The normalized spacial score (nSPS) is 14.0. The molecule has 0 aromatic carbocycles. The van der Waals surface area contributed by atoms with Crippen LogP contribution >= 0.6 is 0 Å². The van der Waals surface area contributed by atoms with Gasteiger partial charge in [0.25, 0.3) is 0 Å². The molecule has 0 fully saturated rings. The van der Waals surface area contributed by atoms with Crippen LogP contribution in [0.2, 0.25) is 0 Å². The Bertz CT molecular complexity index is 155. The number of urea groups is 1. The molecule has 12 heavy (non-hydrogen) atoms. The Hall–Kier alpha value is -0.730. The predicted octanol–water partition coefficient (Wildman–Crippen LogP) is 1.87. The van der Waals surface area contributed by atoms with E-state index >= 15 is 0 Å². The van der Waals surface area contributed by atoms with Crippen molar-refractivity contribution in [3.8, 4) is 0 Å². The molecule has 3 N–H and O–H groups in total. The summed E-state index contributed by atoms with van der Waals surface area (Å²) in [6, 6.07) is -0.304. The summed E-state index contributed by atoms with van der Waals surface area (Å²) in [7, 11) is 0. The standard InChI is InChI=1S/C9H20N2O/c1-5-6-9(3,4)7(2)11-8(10)12/h7H,5-6H2,1-4H3,(H3,10,11,12). The zero-order valence-corrected chi connectivity index (χ0v) is 8.48. The third-order valence-corrected chi connectivity index (χ3v) is 2.43. The van der Waals surface area contributed by atoms with Crippen LogP contribution in [0.25, 0.3) is 0 Å². The van der Waals surface area contributed by atoms with Crippen LogP contribution in [0.1, 0.15) is 40.5 Å². The van der Waals surface area contributed by atoms with E-state index in [4.69, 9.17) is 5.73 Å². The Morgan fingerprint density at radius 1 is 1.58 bits per heavy atom. The van der Waals surface area contributed by atoms with Crippen molar-refractivity contribution >= 4 is 6.03 Å². The van der Waals surface area contributed by atoms with E-state index in [-0.39, 0.29) is 11.5 Å². The van der Waals surface area contributed by atoms with Crippen molar-refractivity contribution in [2.75, 3.05) is 0 Å². The zero-order chi connectivity index (χ0) is 9.78. The van der Waals surface area contributed by atoms with Crippen molar-refractivity contribution in [2.45, 2.75) is 46.6 Å². The van der Waals surface area contributed by atoms with Crippen molar-refractivity contribution in [2.24, 2.45) is 11.1 Å². The Labute approximate surface area is 74.7 Å². The number of rotatable bonds is 4. The van der Waals surface area contributed by atoms with Crippen LogP contribution in [0.15, 0.2) is 0 Å². The number of amides is 2. The molecule has 0 heterocycles. The van der Waals surface area contributed by atoms with E-state index in [1.807, 2.05) is 6.92 Å². The Kier molecular flexibility index (Phi) is 4.07. The average Bonchev–Trinajstić information content (AvgIpc) is 1.85. The van der Waals surface area contributed by atoms with E-state index in [2.05, 4.69) is 26.1 Å². The van der Waals surface area contributed by atoms with Crippen LogP contribution in [-0.4, -0.2) is 12.1 Å². The summed E-state index contributed by atoms with van der Waals surface area (Å²) < 4.78 is 0. The minimum Gasteiger partial charge on any atom is -0.352 e. The smallest absolute Gasteiger partial charge is 0.312 e. The van der Waals surface area contributed by atoms with Crippen LogP contribution in [0, 0.1) is 5.41 Å². The van der Waals surface area contributed by atoms with E-state index in [1.165, 1.54) is 0 Å². The van der Waals surface area contributed by atoms with Gasteiger partial charge in [-0.3, -0.25) is 0 Å². The van der Waals surface area contributed by atoms with Gasteiger partial charge in [-0.05, 0) is 18.8 Å². The summed E-state index contributed by atoms with van der Waals surface area (Å²) in [5, 5.41) is 2.71. The highest BCUT2D eigenvalue weighted by Crippen LogP contribution is 2.26. The van der Waals surface area contributed by atoms with E-state index in [0.29, 0.717) is 0 Å². The molecule has 2 amide bonds. The van der Waals surface area contributed by atoms with E-state index in [0.717, 1.165) is 12.8 Å². The van der Waals surface area contributed by atoms with Crippen molar-refractivity contribution in [1.29, 1.82) is 0 Å². The Morgan fingerprint density at radius 3 is 2.42 bits per heavy atom. The molecule has 0 aliphatic heterocycles. The van der Waals surface area contributed by atoms with Gasteiger partial charge in [0.05, 0.1) is 0 Å². The van der Waals surface area contributed by atoms with Crippen LogP contribution in [0.5, 0.6) is 0 Å². The second kappa shape index (κ2) is 4.33. The molecule has 72 valence electrons. The molecule has 0 aromatic heterocycles. The molecule has 0 aromatic rings. The van der Waals surface area contributed by atoms with Crippen LogP contribution in [-0.2, 0) is 0 Å². The lowest BCUT2D eigenvalue weighted by Gasteiger charge is -2.31. The van der Waals surface area contributed by atoms with Gasteiger partial charge in [-0.15, -0.1) is 0 Å². The first-order valence-corrected chi connectivity index (χ1v) is 4.46. The first-order valence-electron chi connectivity index (χ1n) is 4.46. The van der Waals surface area contributed by atoms with Gasteiger partial charge in [0.1, 0.15) is 0 Å². The molecule has 3 nitrogen and oxygen atoms in total. The van der Waals surface area contributed by atoms with Crippen LogP contribution in [0.4, 0.5) is 4.79 Å². The second-order valence-electron chi connectivity index (χ2n) is 3.97. The number of hydrogen-bond acceptors (Lipinski definition) is 1. The third-order valence-electron chi connectivity index (χ3n) is 2.43. The van der Waals surface area contributed by atoms with E-state index in [1.54, 1.807) is 0 Å². The molecule has 1 unspecified atom stereocenters. The Morgan fingerprint density at radius 2 is 2.08 bits per heavy atom. The molecule has 1 atom stereocenters. The Balaban J connectivity index is 4.04. The zero-order valence-electron chi connectivity index (χ0n) is 8.48. The highest BCUT2D eigenvalue weighted by Gasteiger charge is 2.25. The van der Waals surface area contributed by atoms with Gasteiger partial charge in [-0.1, -0.05) is 27.2 Å². The quantitative estimate of drug-likeness (QED) is 0.668. The predicted molar refractivity (Wildman–Crippen MR) is 50.9 cm³/mol. The lowest BCUT2D eigenvalue weighted by molar-refractivity contribution is 0.215. The van der Waals surface area contributed by atoms with Gasteiger partial charge < -0.3 is 11.1 Å². The van der Waals surface area contributed by atoms with Gasteiger partial charge in [0.2, 0.25) is 0 Å². The van der Waals surface area contributed by atoms with Gasteiger partial charge in [0.15, 0.2) is 0 Å². The first kappa shape index (κ1) is 11.3. The summed E-state index contributed by atoms with van der Waals surface area (Å²) in [5.41, 5.74) is 5.16. The summed E-state index contributed by atoms with van der Waals surface area (Å²) >= 11 is 0. The van der Waals surface area contributed by atoms with Crippen molar-refractivity contribution in [3.63, 3.8) is 0 Å². The molecule has 0 radical (unpaired) electrons. The molecular weight excluding hydrogens is 152 g/mol. The molecule has 0 spiro atoms. The number of carbonyl (C=O) groups excluding carboxylic acids is 1. The second-order valence-corrected chi connectivity index (χ2v) is 3.97. The van der Waals surface area contributed by atoms with Crippen LogP contribution < -0.4 is 11.1 Å². The SMILES string of the molecule is CCCC(C)(C)C(C)NC(N)=O. The topological polar surface area (TPSA) is 55.1 Å². The van der Waals surface area contributed by atoms with E-state index in [9.17, 15) is 4.79 Å². The van der Waals surface area contributed by atoms with E-state index < -0.39 is 6.03 Å². The molecule has 0 aliphatic rings. The highest BCUT2D eigenvalue weighted by molar-refractivity contribution is 5.71. The molecule has 0 saturated heterocycles. The van der Waals surface area contributed by atoms with Crippen molar-refractivity contribution < 1.29 is 4.79 Å². The molecular formula is C9H20N2O. The average molecular weight is 172 g/mol. The maximum absolute atomic E-state index is 10.6.